The van der Waals surface area contributed by atoms with E-state index in [9.17, 15) is 8.42 Å². The van der Waals surface area contributed by atoms with Crippen molar-refractivity contribution in [1.82, 2.24) is 4.98 Å². The third kappa shape index (κ3) is 2.51. The molecular formula is C10H9BrN2O2S. The molecule has 0 radical (unpaired) electrons. The third-order valence-corrected chi connectivity index (χ3v) is 4.66. The molecule has 0 aliphatic carbocycles. The summed E-state index contributed by atoms with van der Waals surface area (Å²) in [5.41, 5.74) is 1.38. The van der Waals surface area contributed by atoms with Crippen LogP contribution in [0, 0.1) is 0 Å². The standard InChI is InChI=1S/C10H9BrN2O2S/c11-7-16(14,15)13-9-3-4-10-8(6-9)2-1-5-12-10/h1-6,13H,7H2. The second kappa shape index (κ2) is 4.39. The molecule has 1 heterocycles. The average molecular weight is 301 g/mol. The quantitative estimate of drug-likeness (QED) is 0.885. The Kier molecular flexibility index (Phi) is 3.11. The Balaban J connectivity index is 2.40. The summed E-state index contributed by atoms with van der Waals surface area (Å²) < 4.78 is 25.0. The molecular weight excluding hydrogens is 292 g/mol. The minimum absolute atomic E-state index is 0.120. The molecule has 2 rings (SSSR count). The fourth-order valence-electron chi connectivity index (χ4n) is 1.35. The molecule has 0 bridgehead atoms. The Bertz CT molecular complexity index is 613. The Hall–Kier alpha value is -1.14. The number of sulfonamides is 1. The lowest BCUT2D eigenvalue weighted by Gasteiger charge is -2.05. The summed E-state index contributed by atoms with van der Waals surface area (Å²) in [6.45, 7) is 0. The van der Waals surface area contributed by atoms with Crippen LogP contribution in [-0.2, 0) is 10.0 Å². The largest absolute Gasteiger partial charge is 0.283 e. The molecule has 0 fully saturated rings. The molecule has 4 nitrogen and oxygen atoms in total. The summed E-state index contributed by atoms with van der Waals surface area (Å²) >= 11 is 2.92. The van der Waals surface area contributed by atoms with Crippen molar-refractivity contribution >= 4 is 42.5 Å². The maximum absolute atomic E-state index is 11.3. The highest BCUT2D eigenvalue weighted by molar-refractivity contribution is 9.10. The first-order chi connectivity index (χ1) is 7.61. The van der Waals surface area contributed by atoms with Gasteiger partial charge >= 0.3 is 0 Å². The van der Waals surface area contributed by atoms with Crippen LogP contribution in [-0.4, -0.2) is 18.1 Å². The number of pyridine rings is 1. The number of alkyl halides is 1. The highest BCUT2D eigenvalue weighted by Crippen LogP contribution is 2.18. The van der Waals surface area contributed by atoms with E-state index in [4.69, 9.17) is 0 Å². The first-order valence-corrected chi connectivity index (χ1v) is 7.29. The van der Waals surface area contributed by atoms with E-state index < -0.39 is 10.0 Å². The molecule has 0 spiro atoms. The van der Waals surface area contributed by atoms with Gasteiger partial charge in [0.25, 0.3) is 0 Å². The number of fused-ring (bicyclic) bond motifs is 1. The van der Waals surface area contributed by atoms with Gasteiger partial charge in [-0.2, -0.15) is 0 Å². The topological polar surface area (TPSA) is 59.1 Å². The summed E-state index contributed by atoms with van der Waals surface area (Å²) in [5.74, 6) is 0. The number of benzene rings is 1. The van der Waals surface area contributed by atoms with Gasteiger partial charge in [-0.3, -0.25) is 9.71 Å². The molecule has 1 aromatic heterocycles. The molecule has 1 aromatic carbocycles. The van der Waals surface area contributed by atoms with E-state index in [0.717, 1.165) is 10.9 Å². The first kappa shape index (κ1) is 11.3. The van der Waals surface area contributed by atoms with Crippen LogP contribution < -0.4 is 4.72 Å². The number of rotatable bonds is 3. The second-order valence-electron chi connectivity index (χ2n) is 3.24. The summed E-state index contributed by atoms with van der Waals surface area (Å²) in [4.78, 5) is 4.15. The predicted octanol–water partition coefficient (Wildman–Crippen LogP) is 2.33. The van der Waals surface area contributed by atoms with Crippen LogP contribution in [0.2, 0.25) is 0 Å². The zero-order valence-electron chi connectivity index (χ0n) is 8.22. The Morgan fingerprint density at radius 1 is 1.31 bits per heavy atom. The molecule has 0 aliphatic rings. The van der Waals surface area contributed by atoms with Gasteiger partial charge in [0.15, 0.2) is 0 Å². The molecule has 6 heteroatoms. The Morgan fingerprint density at radius 2 is 2.12 bits per heavy atom. The molecule has 2 aromatic rings. The van der Waals surface area contributed by atoms with Crippen molar-refractivity contribution in [3.05, 3.63) is 36.5 Å². The molecule has 0 saturated carbocycles. The zero-order chi connectivity index (χ0) is 11.6. The van der Waals surface area contributed by atoms with E-state index in [1.54, 1.807) is 24.4 Å². The number of nitrogens with one attached hydrogen (secondary N) is 1. The fourth-order valence-corrected chi connectivity index (χ4v) is 2.23. The van der Waals surface area contributed by atoms with Crippen molar-refractivity contribution in [1.29, 1.82) is 0 Å². The molecule has 0 amide bonds. The lowest BCUT2D eigenvalue weighted by molar-refractivity contribution is 0.606. The van der Waals surface area contributed by atoms with E-state index in [0.29, 0.717) is 5.69 Å². The smallest absolute Gasteiger partial charge is 0.242 e. The Morgan fingerprint density at radius 3 is 2.88 bits per heavy atom. The second-order valence-corrected chi connectivity index (χ2v) is 6.26. The van der Waals surface area contributed by atoms with Crippen LogP contribution in [0.3, 0.4) is 0 Å². The Labute approximate surface area is 102 Å². The predicted molar refractivity (Wildman–Crippen MR) is 68.1 cm³/mol. The van der Waals surface area contributed by atoms with Gasteiger partial charge in [-0.15, -0.1) is 0 Å². The SMILES string of the molecule is O=S(=O)(CBr)Nc1ccc2ncccc2c1. The number of aromatic nitrogens is 1. The van der Waals surface area contributed by atoms with E-state index in [1.165, 1.54) is 0 Å². The van der Waals surface area contributed by atoms with Crippen LogP contribution in [0.1, 0.15) is 0 Å². The first-order valence-electron chi connectivity index (χ1n) is 4.52. The van der Waals surface area contributed by atoms with Crippen molar-refractivity contribution in [3.8, 4) is 0 Å². The van der Waals surface area contributed by atoms with E-state index in [2.05, 4.69) is 25.6 Å². The molecule has 84 valence electrons. The highest BCUT2D eigenvalue weighted by Gasteiger charge is 2.07. The fraction of sp³-hybridized carbons (Fsp3) is 0.100. The van der Waals surface area contributed by atoms with Gasteiger partial charge in [0.1, 0.15) is 4.66 Å². The molecule has 0 unspecified atom stereocenters. The molecule has 0 atom stereocenters. The van der Waals surface area contributed by atoms with Crippen molar-refractivity contribution < 1.29 is 8.42 Å². The van der Waals surface area contributed by atoms with Gasteiger partial charge in [0, 0.05) is 17.3 Å². The maximum Gasteiger partial charge on any atom is 0.242 e. The minimum atomic E-state index is -3.29. The summed E-state index contributed by atoms with van der Waals surface area (Å²) in [6, 6.07) is 8.92. The summed E-state index contributed by atoms with van der Waals surface area (Å²) in [7, 11) is -3.29. The van der Waals surface area contributed by atoms with Crippen molar-refractivity contribution in [2.75, 3.05) is 9.38 Å². The number of anilines is 1. The summed E-state index contributed by atoms with van der Waals surface area (Å²) in [5, 5.41) is 0.900. The number of hydrogen-bond donors (Lipinski definition) is 1. The van der Waals surface area contributed by atoms with Crippen LogP contribution in [0.25, 0.3) is 10.9 Å². The minimum Gasteiger partial charge on any atom is -0.283 e. The van der Waals surface area contributed by atoms with Crippen LogP contribution in [0.5, 0.6) is 0 Å². The van der Waals surface area contributed by atoms with Crippen molar-refractivity contribution in [2.45, 2.75) is 0 Å². The lowest BCUT2D eigenvalue weighted by atomic mass is 10.2. The lowest BCUT2D eigenvalue weighted by Crippen LogP contribution is -2.12. The van der Waals surface area contributed by atoms with Gasteiger partial charge in [0.05, 0.1) is 5.52 Å². The van der Waals surface area contributed by atoms with Crippen molar-refractivity contribution in [3.63, 3.8) is 0 Å². The van der Waals surface area contributed by atoms with Gasteiger partial charge in [-0.1, -0.05) is 22.0 Å². The third-order valence-electron chi connectivity index (χ3n) is 2.02. The van der Waals surface area contributed by atoms with Gasteiger partial charge in [-0.25, -0.2) is 8.42 Å². The van der Waals surface area contributed by atoms with Crippen LogP contribution in [0.4, 0.5) is 5.69 Å². The van der Waals surface area contributed by atoms with Crippen LogP contribution in [0.15, 0.2) is 36.5 Å². The van der Waals surface area contributed by atoms with E-state index in [-0.39, 0.29) is 4.66 Å². The number of halogens is 1. The van der Waals surface area contributed by atoms with Crippen molar-refractivity contribution in [2.24, 2.45) is 0 Å². The average Bonchev–Trinajstić information content (AvgIpc) is 2.28. The molecule has 0 aliphatic heterocycles. The number of hydrogen-bond acceptors (Lipinski definition) is 3. The zero-order valence-corrected chi connectivity index (χ0v) is 10.6. The van der Waals surface area contributed by atoms with Gasteiger partial charge < -0.3 is 0 Å². The monoisotopic (exact) mass is 300 g/mol. The highest BCUT2D eigenvalue weighted by atomic mass is 79.9. The molecule has 1 N–H and O–H groups in total. The van der Waals surface area contributed by atoms with E-state index >= 15 is 0 Å². The maximum atomic E-state index is 11.3. The van der Waals surface area contributed by atoms with Crippen LogP contribution >= 0.6 is 15.9 Å². The number of nitrogens with zero attached hydrogens (tertiary/aromatic N) is 1. The summed E-state index contributed by atoms with van der Waals surface area (Å²) in [6.07, 6.45) is 1.70. The van der Waals surface area contributed by atoms with E-state index in [1.807, 2.05) is 12.1 Å². The molecule has 16 heavy (non-hydrogen) atoms. The van der Waals surface area contributed by atoms with Gasteiger partial charge in [0.2, 0.25) is 10.0 Å². The molecule has 0 saturated heterocycles. The normalized spacial score (nSPS) is 11.6. The van der Waals surface area contributed by atoms with Gasteiger partial charge in [-0.05, 0) is 24.3 Å².